The van der Waals surface area contributed by atoms with Gasteiger partial charge in [-0.15, -0.1) is 11.6 Å². The van der Waals surface area contributed by atoms with Crippen LogP contribution in [0, 0.1) is 5.92 Å². The first kappa shape index (κ1) is 14.8. The zero-order chi connectivity index (χ0) is 12.5. The minimum Gasteiger partial charge on any atom is -0.383 e. The van der Waals surface area contributed by atoms with Crippen LogP contribution in [0.4, 0.5) is 0 Å². The molecular formula is C13H24ClNO2. The molecule has 0 spiro atoms. The Morgan fingerprint density at radius 1 is 1.35 bits per heavy atom. The number of carbonyl (C=O) groups is 1. The second-order valence-corrected chi connectivity index (χ2v) is 5.54. The summed E-state index contributed by atoms with van der Waals surface area (Å²) in [5.74, 6) is 0.715. The molecule has 0 aliphatic heterocycles. The van der Waals surface area contributed by atoms with Crippen molar-refractivity contribution < 1.29 is 9.53 Å². The van der Waals surface area contributed by atoms with Gasteiger partial charge in [0.05, 0.1) is 12.0 Å². The van der Waals surface area contributed by atoms with Crippen LogP contribution in [0.1, 0.15) is 44.9 Å². The molecule has 1 N–H and O–H groups in total. The molecule has 3 nitrogen and oxygen atoms in total. The molecule has 1 aliphatic carbocycles. The summed E-state index contributed by atoms with van der Waals surface area (Å²) in [7, 11) is 1.61. The number of hydrogen-bond donors (Lipinski definition) is 1. The largest absolute Gasteiger partial charge is 0.383 e. The fourth-order valence-electron chi connectivity index (χ4n) is 2.37. The molecule has 0 radical (unpaired) electrons. The monoisotopic (exact) mass is 261 g/mol. The first-order chi connectivity index (χ1) is 8.22. The van der Waals surface area contributed by atoms with E-state index in [-0.39, 0.29) is 11.3 Å². The van der Waals surface area contributed by atoms with Gasteiger partial charge in [0.2, 0.25) is 5.91 Å². The van der Waals surface area contributed by atoms with Crippen molar-refractivity contribution in [1.29, 1.82) is 0 Å². The van der Waals surface area contributed by atoms with Gasteiger partial charge in [0, 0.05) is 20.1 Å². The third-order valence-corrected chi connectivity index (χ3v) is 3.60. The van der Waals surface area contributed by atoms with Gasteiger partial charge in [0.25, 0.3) is 0 Å². The van der Waals surface area contributed by atoms with Gasteiger partial charge in [-0.2, -0.15) is 0 Å². The molecule has 1 unspecified atom stereocenters. The number of halogens is 1. The van der Waals surface area contributed by atoms with Crippen LogP contribution < -0.4 is 5.32 Å². The van der Waals surface area contributed by atoms with Crippen LogP contribution in [-0.2, 0) is 9.53 Å². The van der Waals surface area contributed by atoms with Crippen LogP contribution in [0.15, 0.2) is 0 Å². The van der Waals surface area contributed by atoms with Crippen LogP contribution in [0.5, 0.6) is 0 Å². The maximum Gasteiger partial charge on any atom is 0.220 e. The molecule has 17 heavy (non-hydrogen) atoms. The Hall–Kier alpha value is -0.280. The van der Waals surface area contributed by atoms with Crippen molar-refractivity contribution in [2.75, 3.05) is 20.3 Å². The zero-order valence-electron chi connectivity index (χ0n) is 10.7. The van der Waals surface area contributed by atoms with Gasteiger partial charge in [-0.3, -0.25) is 4.79 Å². The highest BCUT2D eigenvalue weighted by Gasteiger charge is 2.16. The maximum atomic E-state index is 11.7. The quantitative estimate of drug-likeness (QED) is 0.590. The molecule has 0 bridgehead atoms. The summed E-state index contributed by atoms with van der Waals surface area (Å²) >= 11 is 5.95. The summed E-state index contributed by atoms with van der Waals surface area (Å²) in [6.45, 7) is 0.978. The molecule has 0 aromatic rings. The van der Waals surface area contributed by atoms with Gasteiger partial charge in [0.15, 0.2) is 0 Å². The lowest BCUT2D eigenvalue weighted by Crippen LogP contribution is -2.32. The number of methoxy groups -OCH3 is 1. The van der Waals surface area contributed by atoms with Crippen molar-refractivity contribution in [3.8, 4) is 0 Å². The average molecular weight is 262 g/mol. The van der Waals surface area contributed by atoms with Crippen molar-refractivity contribution in [2.45, 2.75) is 50.3 Å². The summed E-state index contributed by atoms with van der Waals surface area (Å²) in [5.41, 5.74) is 0. The summed E-state index contributed by atoms with van der Waals surface area (Å²) in [6, 6.07) is 0. The molecule has 1 fully saturated rings. The lowest BCUT2D eigenvalue weighted by Gasteiger charge is -2.15. The smallest absolute Gasteiger partial charge is 0.220 e. The van der Waals surface area contributed by atoms with E-state index in [0.29, 0.717) is 25.5 Å². The van der Waals surface area contributed by atoms with E-state index in [0.717, 1.165) is 0 Å². The number of nitrogens with one attached hydrogen (secondary N) is 1. The van der Waals surface area contributed by atoms with E-state index in [1.165, 1.54) is 38.5 Å². The van der Waals surface area contributed by atoms with Crippen LogP contribution in [0.3, 0.4) is 0 Å². The minimum atomic E-state index is -0.127. The second-order valence-electron chi connectivity index (χ2n) is 4.92. The van der Waals surface area contributed by atoms with Crippen LogP contribution in [0.25, 0.3) is 0 Å². The van der Waals surface area contributed by atoms with E-state index in [1.807, 2.05) is 0 Å². The number of carbonyl (C=O) groups excluding carboxylic acids is 1. The normalized spacial score (nSPS) is 19.6. The Labute approximate surface area is 109 Å². The van der Waals surface area contributed by atoms with E-state index in [2.05, 4.69) is 5.32 Å². The molecule has 1 rings (SSSR count). The highest BCUT2D eigenvalue weighted by atomic mass is 35.5. The topological polar surface area (TPSA) is 38.3 Å². The molecule has 4 heteroatoms. The molecule has 1 aliphatic rings. The summed E-state index contributed by atoms with van der Waals surface area (Å²) < 4.78 is 4.92. The Morgan fingerprint density at radius 3 is 2.59 bits per heavy atom. The fourth-order valence-corrected chi connectivity index (χ4v) is 2.57. The molecule has 100 valence electrons. The van der Waals surface area contributed by atoms with Gasteiger partial charge in [-0.05, 0) is 18.8 Å². The number of rotatable bonds is 6. The third-order valence-electron chi connectivity index (χ3n) is 3.32. The summed E-state index contributed by atoms with van der Waals surface area (Å²) in [5, 5.41) is 2.76. The van der Waals surface area contributed by atoms with Crippen molar-refractivity contribution in [2.24, 2.45) is 5.92 Å². The highest BCUT2D eigenvalue weighted by molar-refractivity contribution is 6.21. The van der Waals surface area contributed by atoms with Gasteiger partial charge >= 0.3 is 0 Å². The van der Waals surface area contributed by atoms with E-state index in [4.69, 9.17) is 16.3 Å². The van der Waals surface area contributed by atoms with Gasteiger partial charge in [0.1, 0.15) is 0 Å². The van der Waals surface area contributed by atoms with E-state index in [9.17, 15) is 4.79 Å². The molecule has 0 saturated heterocycles. The number of alkyl halides is 1. The number of ether oxygens (including phenoxy) is 1. The molecule has 0 aromatic heterocycles. The Morgan fingerprint density at radius 2 is 2.00 bits per heavy atom. The predicted octanol–water partition coefficient (Wildman–Crippen LogP) is 2.72. The van der Waals surface area contributed by atoms with Crippen molar-refractivity contribution in [3.63, 3.8) is 0 Å². The summed E-state index contributed by atoms with van der Waals surface area (Å²) in [4.78, 5) is 11.7. The number of hydrogen-bond acceptors (Lipinski definition) is 2. The first-order valence-corrected chi connectivity index (χ1v) is 7.05. The van der Waals surface area contributed by atoms with E-state index < -0.39 is 0 Å². The lowest BCUT2D eigenvalue weighted by molar-refractivity contribution is -0.122. The SMILES string of the molecule is COCC(Cl)CNC(=O)CC1CCCCCC1. The molecule has 0 heterocycles. The van der Waals surface area contributed by atoms with Crippen LogP contribution in [0.2, 0.25) is 0 Å². The molecule has 1 atom stereocenters. The van der Waals surface area contributed by atoms with Gasteiger partial charge < -0.3 is 10.1 Å². The summed E-state index contributed by atoms with van der Waals surface area (Å²) in [6.07, 6.45) is 8.28. The lowest BCUT2D eigenvalue weighted by atomic mass is 9.96. The maximum absolute atomic E-state index is 11.7. The van der Waals surface area contributed by atoms with Gasteiger partial charge in [-0.25, -0.2) is 0 Å². The standard InChI is InChI=1S/C13H24ClNO2/c1-17-10-12(14)9-15-13(16)8-11-6-4-2-3-5-7-11/h11-12H,2-10H2,1H3,(H,15,16). The molecule has 1 saturated carbocycles. The Balaban J connectivity index is 2.14. The van der Waals surface area contributed by atoms with Crippen LogP contribution in [-0.4, -0.2) is 31.5 Å². The van der Waals surface area contributed by atoms with Crippen molar-refractivity contribution in [3.05, 3.63) is 0 Å². The second kappa shape index (κ2) is 8.76. The highest BCUT2D eigenvalue weighted by Crippen LogP contribution is 2.25. The third kappa shape index (κ3) is 6.89. The number of amides is 1. The predicted molar refractivity (Wildman–Crippen MR) is 70.3 cm³/mol. The minimum absolute atomic E-state index is 0.127. The molecular weight excluding hydrogens is 238 g/mol. The Kier molecular flexibility index (Phi) is 7.62. The van der Waals surface area contributed by atoms with E-state index in [1.54, 1.807) is 7.11 Å². The zero-order valence-corrected chi connectivity index (χ0v) is 11.5. The first-order valence-electron chi connectivity index (χ1n) is 6.62. The molecule has 1 amide bonds. The van der Waals surface area contributed by atoms with Crippen LogP contribution >= 0.6 is 11.6 Å². The van der Waals surface area contributed by atoms with Gasteiger partial charge in [-0.1, -0.05) is 25.7 Å². The average Bonchev–Trinajstić information content (AvgIpc) is 2.55. The Bertz CT molecular complexity index is 215. The van der Waals surface area contributed by atoms with E-state index >= 15 is 0 Å². The molecule has 0 aromatic carbocycles. The van der Waals surface area contributed by atoms with Crippen molar-refractivity contribution in [1.82, 2.24) is 5.32 Å². The fraction of sp³-hybridized carbons (Fsp3) is 0.923. The van der Waals surface area contributed by atoms with Crippen molar-refractivity contribution >= 4 is 17.5 Å².